The number of esters is 2. The van der Waals surface area contributed by atoms with E-state index in [4.69, 9.17) is 14.2 Å². The predicted molar refractivity (Wildman–Crippen MR) is 123 cm³/mol. The lowest BCUT2D eigenvalue weighted by Gasteiger charge is -2.38. The summed E-state index contributed by atoms with van der Waals surface area (Å²) in [5.41, 5.74) is 2.45. The quantitative estimate of drug-likeness (QED) is 0.498. The van der Waals surface area contributed by atoms with Crippen LogP contribution in [0.1, 0.15) is 57.4 Å². The van der Waals surface area contributed by atoms with Crippen molar-refractivity contribution in [1.82, 2.24) is 5.32 Å². The highest BCUT2D eigenvalue weighted by Crippen LogP contribution is 2.47. The molecule has 3 aliphatic rings. The number of nitrogens with one attached hydrogen (secondary N) is 1. The van der Waals surface area contributed by atoms with Gasteiger partial charge in [-0.15, -0.1) is 0 Å². The van der Waals surface area contributed by atoms with E-state index in [1.165, 1.54) is 20.3 Å². The summed E-state index contributed by atoms with van der Waals surface area (Å²) >= 11 is 0. The average molecular weight is 470 g/mol. The van der Waals surface area contributed by atoms with Crippen molar-refractivity contribution in [2.75, 3.05) is 14.2 Å². The second-order valence-electron chi connectivity index (χ2n) is 9.28. The highest BCUT2D eigenvalue weighted by atomic mass is 16.5. The molecule has 0 unspecified atom stereocenters. The molecule has 1 heterocycles. The Balaban J connectivity index is 1.83. The van der Waals surface area contributed by atoms with Gasteiger partial charge < -0.3 is 24.6 Å². The number of benzene rings is 1. The van der Waals surface area contributed by atoms with E-state index in [-0.39, 0.29) is 29.3 Å². The van der Waals surface area contributed by atoms with Crippen molar-refractivity contribution in [2.45, 2.75) is 58.0 Å². The van der Waals surface area contributed by atoms with Gasteiger partial charge in [-0.25, -0.2) is 4.79 Å². The molecular weight excluding hydrogens is 438 g/mol. The third-order valence-corrected chi connectivity index (χ3v) is 7.08. The molecule has 0 spiro atoms. The van der Waals surface area contributed by atoms with E-state index in [0.717, 1.165) is 25.7 Å². The molecule has 0 amide bonds. The van der Waals surface area contributed by atoms with Crippen molar-refractivity contribution in [2.24, 2.45) is 11.8 Å². The number of phenols is 1. The molecule has 1 fully saturated rings. The third-order valence-electron chi connectivity index (χ3n) is 7.08. The molecule has 0 bridgehead atoms. The molecule has 1 aromatic rings. The lowest BCUT2D eigenvalue weighted by atomic mass is 9.69. The Morgan fingerprint density at radius 1 is 1.15 bits per heavy atom. The first-order valence-corrected chi connectivity index (χ1v) is 11.7. The van der Waals surface area contributed by atoms with E-state index in [2.05, 4.69) is 5.32 Å². The fraction of sp³-hybridized carbons (Fsp3) is 0.500. The topological polar surface area (TPSA) is 111 Å². The maximum atomic E-state index is 13.7. The number of hydrogen-bond donors (Lipinski definition) is 2. The minimum Gasteiger partial charge on any atom is -0.504 e. The van der Waals surface area contributed by atoms with Crippen molar-refractivity contribution in [3.63, 3.8) is 0 Å². The maximum absolute atomic E-state index is 13.7. The minimum atomic E-state index is -0.967. The fourth-order valence-electron chi connectivity index (χ4n) is 5.39. The number of aromatic hydroxyl groups is 1. The first kappa shape index (κ1) is 23.9. The van der Waals surface area contributed by atoms with Crippen molar-refractivity contribution in [3.8, 4) is 11.5 Å². The van der Waals surface area contributed by atoms with Gasteiger partial charge in [-0.1, -0.05) is 13.0 Å². The van der Waals surface area contributed by atoms with Crippen LogP contribution in [0.3, 0.4) is 0 Å². The lowest BCUT2D eigenvalue weighted by molar-refractivity contribution is -0.151. The van der Waals surface area contributed by atoms with Gasteiger partial charge in [0.2, 0.25) is 0 Å². The molecule has 0 radical (unpaired) electrons. The van der Waals surface area contributed by atoms with Gasteiger partial charge in [-0.05, 0) is 62.6 Å². The number of rotatable bonds is 5. The number of allylic oxidation sites excluding steroid dienone is 3. The van der Waals surface area contributed by atoms with E-state index < -0.39 is 23.8 Å². The predicted octanol–water partition coefficient (Wildman–Crippen LogP) is 3.50. The molecule has 1 aromatic carbocycles. The van der Waals surface area contributed by atoms with E-state index in [1.807, 2.05) is 6.92 Å². The van der Waals surface area contributed by atoms with Gasteiger partial charge in [0.05, 0.1) is 19.8 Å². The highest BCUT2D eigenvalue weighted by Gasteiger charge is 2.47. The van der Waals surface area contributed by atoms with Crippen molar-refractivity contribution < 1.29 is 33.7 Å². The van der Waals surface area contributed by atoms with E-state index >= 15 is 0 Å². The molecule has 1 saturated carbocycles. The molecule has 2 aliphatic carbocycles. The van der Waals surface area contributed by atoms with Gasteiger partial charge >= 0.3 is 11.9 Å². The average Bonchev–Trinajstić information content (AvgIpc) is 3.30. The Kier molecular flexibility index (Phi) is 6.68. The highest BCUT2D eigenvalue weighted by molar-refractivity contribution is 6.12. The Morgan fingerprint density at radius 3 is 2.47 bits per heavy atom. The Hall–Kier alpha value is -3.29. The van der Waals surface area contributed by atoms with Gasteiger partial charge in [-0.2, -0.15) is 0 Å². The maximum Gasteiger partial charge on any atom is 0.337 e. The molecule has 4 rings (SSSR count). The fourth-order valence-corrected chi connectivity index (χ4v) is 5.39. The number of dihydropyridines is 1. The summed E-state index contributed by atoms with van der Waals surface area (Å²) in [6.45, 7) is 3.62. The normalized spacial score (nSPS) is 25.1. The Morgan fingerprint density at radius 2 is 1.85 bits per heavy atom. The number of carbonyl (C=O) groups excluding carboxylic acids is 3. The number of ketones is 1. The van der Waals surface area contributed by atoms with Crippen LogP contribution in [-0.4, -0.2) is 43.2 Å². The molecule has 0 saturated heterocycles. The molecule has 8 heteroatoms. The van der Waals surface area contributed by atoms with E-state index in [9.17, 15) is 19.5 Å². The van der Waals surface area contributed by atoms with Crippen molar-refractivity contribution in [1.29, 1.82) is 0 Å². The van der Waals surface area contributed by atoms with Gasteiger partial charge in [0, 0.05) is 22.9 Å². The zero-order chi connectivity index (χ0) is 24.6. The van der Waals surface area contributed by atoms with Crippen LogP contribution in [0.25, 0.3) is 0 Å². The van der Waals surface area contributed by atoms with Crippen LogP contribution < -0.4 is 10.1 Å². The van der Waals surface area contributed by atoms with Crippen LogP contribution in [0.2, 0.25) is 0 Å². The van der Waals surface area contributed by atoms with E-state index in [0.29, 0.717) is 34.5 Å². The lowest BCUT2D eigenvalue weighted by Crippen LogP contribution is -2.43. The van der Waals surface area contributed by atoms with Gasteiger partial charge in [0.15, 0.2) is 17.3 Å². The Labute approximate surface area is 199 Å². The Bertz CT molecular complexity index is 1080. The number of carbonyl (C=O) groups is 3. The molecule has 182 valence electrons. The standard InChI is InChI=1S/C26H31NO7/c1-13-11-17-23(24(29)20(13)25(30)33-4)22(15-9-10-19(32-3)18(28)12-15)21(14(2)27-17)26(31)34-16-7-5-6-8-16/h9-10,12-13,16,20,22,27-28H,5-8,11H2,1-4H3/t13-,20+,22+/m1/s1. The SMILES string of the molecule is COC(=O)[C@@H]1C(=O)C2=C(C[C@H]1C)NC(C)=C(C(=O)OC1CCCC1)[C@@H]2c1ccc(OC)c(O)c1. The summed E-state index contributed by atoms with van der Waals surface area (Å²) in [6.07, 6.45) is 3.94. The number of methoxy groups -OCH3 is 2. The third kappa shape index (κ3) is 4.17. The summed E-state index contributed by atoms with van der Waals surface area (Å²) in [4.78, 5) is 39.7. The van der Waals surface area contributed by atoms with Crippen LogP contribution in [0, 0.1) is 11.8 Å². The number of Topliss-reactive ketones (excluding diaryl/α,β-unsaturated/α-hetero) is 1. The monoisotopic (exact) mass is 469 g/mol. The largest absolute Gasteiger partial charge is 0.504 e. The molecule has 0 aromatic heterocycles. The van der Waals surface area contributed by atoms with Crippen LogP contribution in [0.15, 0.2) is 40.7 Å². The second kappa shape index (κ2) is 9.52. The van der Waals surface area contributed by atoms with E-state index in [1.54, 1.807) is 19.1 Å². The molecule has 3 atom stereocenters. The first-order valence-electron chi connectivity index (χ1n) is 11.7. The molecule has 8 nitrogen and oxygen atoms in total. The van der Waals surface area contributed by atoms with Gasteiger partial charge in [0.1, 0.15) is 12.0 Å². The van der Waals surface area contributed by atoms with Crippen LogP contribution in [0.5, 0.6) is 11.5 Å². The summed E-state index contributed by atoms with van der Waals surface area (Å²) in [5, 5.41) is 13.7. The summed E-state index contributed by atoms with van der Waals surface area (Å²) in [7, 11) is 2.71. The molecule has 1 aliphatic heterocycles. The molecular formula is C26H31NO7. The number of phenolic OH excluding ortho intramolecular Hbond substituents is 1. The first-order chi connectivity index (χ1) is 16.3. The smallest absolute Gasteiger partial charge is 0.337 e. The zero-order valence-electron chi connectivity index (χ0n) is 20.0. The van der Waals surface area contributed by atoms with Gasteiger partial charge in [-0.3, -0.25) is 9.59 Å². The van der Waals surface area contributed by atoms with Crippen LogP contribution >= 0.6 is 0 Å². The van der Waals surface area contributed by atoms with Crippen LogP contribution in [-0.2, 0) is 23.9 Å². The number of ether oxygens (including phenoxy) is 3. The summed E-state index contributed by atoms with van der Waals surface area (Å²) in [6, 6.07) is 4.80. The van der Waals surface area contributed by atoms with Crippen molar-refractivity contribution in [3.05, 3.63) is 46.3 Å². The number of hydrogen-bond acceptors (Lipinski definition) is 8. The molecule has 34 heavy (non-hydrogen) atoms. The zero-order valence-corrected chi connectivity index (χ0v) is 20.0. The minimum absolute atomic E-state index is 0.108. The second-order valence-corrected chi connectivity index (χ2v) is 9.28. The summed E-state index contributed by atoms with van der Waals surface area (Å²) in [5.74, 6) is -3.34. The summed E-state index contributed by atoms with van der Waals surface area (Å²) < 4.78 is 15.9. The van der Waals surface area contributed by atoms with Gasteiger partial charge in [0.25, 0.3) is 0 Å². The van der Waals surface area contributed by atoms with Crippen molar-refractivity contribution >= 4 is 17.7 Å². The molecule has 2 N–H and O–H groups in total. The van der Waals surface area contributed by atoms with Crippen LogP contribution in [0.4, 0.5) is 0 Å².